The fourth-order valence-corrected chi connectivity index (χ4v) is 3.04. The van der Waals surface area contributed by atoms with Crippen molar-refractivity contribution in [3.05, 3.63) is 84.6 Å². The molecular weight excluding hydrogens is 326 g/mol. The first-order valence-corrected chi connectivity index (χ1v) is 8.34. The number of benzene rings is 3. The lowest BCUT2D eigenvalue weighted by molar-refractivity contribution is -0.136. The van der Waals surface area contributed by atoms with Crippen LogP contribution in [0.1, 0.15) is 5.56 Å². The fraction of sp³-hybridized carbons (Fsp3) is 0.0455. The summed E-state index contributed by atoms with van der Waals surface area (Å²) in [6.45, 7) is 0. The van der Waals surface area contributed by atoms with Crippen LogP contribution in [0.15, 0.2) is 79.0 Å². The summed E-state index contributed by atoms with van der Waals surface area (Å²) in [5.74, 6) is 0.732. The molecule has 4 rings (SSSR count). The number of hydrogen-bond acceptors (Lipinski definition) is 2. The summed E-state index contributed by atoms with van der Waals surface area (Å²) < 4.78 is 5.90. The molecular formula is C22H17NO3. The molecule has 0 spiro atoms. The summed E-state index contributed by atoms with van der Waals surface area (Å²) in [6.07, 6.45) is 1.78. The van der Waals surface area contributed by atoms with Crippen LogP contribution in [-0.2, 0) is 11.2 Å². The van der Waals surface area contributed by atoms with Crippen LogP contribution in [0.4, 0.5) is 0 Å². The third-order valence-electron chi connectivity index (χ3n) is 4.26. The molecule has 0 bridgehead atoms. The summed E-state index contributed by atoms with van der Waals surface area (Å²) in [7, 11) is 0. The highest BCUT2D eigenvalue weighted by atomic mass is 16.5. The molecule has 26 heavy (non-hydrogen) atoms. The second kappa shape index (κ2) is 6.76. The van der Waals surface area contributed by atoms with Gasteiger partial charge in [0.2, 0.25) is 0 Å². The minimum absolute atomic E-state index is 0.0136. The van der Waals surface area contributed by atoms with Crippen LogP contribution < -0.4 is 4.74 Å². The predicted molar refractivity (Wildman–Crippen MR) is 102 cm³/mol. The van der Waals surface area contributed by atoms with E-state index in [9.17, 15) is 4.79 Å². The van der Waals surface area contributed by atoms with Crippen LogP contribution in [0.3, 0.4) is 0 Å². The highest BCUT2D eigenvalue weighted by molar-refractivity contribution is 5.90. The molecule has 2 N–H and O–H groups in total. The first-order valence-electron chi connectivity index (χ1n) is 8.34. The molecule has 0 unspecified atom stereocenters. The van der Waals surface area contributed by atoms with Gasteiger partial charge in [0.05, 0.1) is 6.42 Å². The molecule has 0 saturated heterocycles. The zero-order valence-electron chi connectivity index (χ0n) is 14.0. The van der Waals surface area contributed by atoms with Gasteiger partial charge in [0.25, 0.3) is 0 Å². The topological polar surface area (TPSA) is 62.3 Å². The number of fused-ring (bicyclic) bond motifs is 1. The normalized spacial score (nSPS) is 10.8. The first kappa shape index (κ1) is 16.0. The Bertz CT molecular complexity index is 1070. The second-order valence-corrected chi connectivity index (χ2v) is 6.09. The molecule has 4 nitrogen and oxygen atoms in total. The van der Waals surface area contributed by atoms with Crippen LogP contribution in [0, 0.1) is 0 Å². The first-order chi connectivity index (χ1) is 12.7. The molecule has 0 fully saturated rings. The van der Waals surface area contributed by atoms with E-state index in [0.717, 1.165) is 39.1 Å². The molecule has 3 aromatic carbocycles. The van der Waals surface area contributed by atoms with Crippen molar-refractivity contribution < 1.29 is 14.6 Å². The van der Waals surface area contributed by atoms with E-state index < -0.39 is 5.97 Å². The molecule has 0 atom stereocenters. The maximum atomic E-state index is 11.0. The number of hydrogen-bond donors (Lipinski definition) is 2. The third kappa shape index (κ3) is 3.30. The maximum absolute atomic E-state index is 11.0. The molecule has 0 amide bonds. The zero-order chi connectivity index (χ0) is 17.9. The number of carboxylic acids is 1. The van der Waals surface area contributed by atoms with Gasteiger partial charge in [-0.25, -0.2) is 0 Å². The number of ether oxygens (including phenoxy) is 1. The van der Waals surface area contributed by atoms with E-state index in [-0.39, 0.29) is 6.42 Å². The Hall–Kier alpha value is -3.53. The van der Waals surface area contributed by atoms with E-state index in [1.807, 2.05) is 72.8 Å². The van der Waals surface area contributed by atoms with Crippen molar-refractivity contribution in [1.82, 2.24) is 4.98 Å². The molecule has 0 aliphatic rings. The van der Waals surface area contributed by atoms with Gasteiger partial charge in [-0.15, -0.1) is 0 Å². The molecule has 0 aliphatic carbocycles. The Labute approximate surface area is 150 Å². The Morgan fingerprint density at radius 1 is 0.885 bits per heavy atom. The Balaban J connectivity index is 1.65. The lowest BCUT2D eigenvalue weighted by atomic mass is 10.0. The highest BCUT2D eigenvalue weighted by Gasteiger charge is 2.09. The molecule has 1 heterocycles. The molecule has 0 saturated carbocycles. The standard InChI is InChI=1S/C22H17NO3/c24-22(25)13-17-14-23-21-12-16(9-10-20(17)21)15-5-4-8-19(11-15)26-18-6-2-1-3-7-18/h1-12,14,23H,13H2,(H,24,25). The number of aromatic amines is 1. The van der Waals surface area contributed by atoms with Gasteiger partial charge in [0, 0.05) is 17.1 Å². The number of aliphatic carboxylic acids is 1. The number of carboxylic acid groups (broad SMARTS) is 1. The van der Waals surface area contributed by atoms with Crippen LogP contribution in [0.5, 0.6) is 11.5 Å². The smallest absolute Gasteiger partial charge is 0.307 e. The van der Waals surface area contributed by atoms with Gasteiger partial charge in [0.1, 0.15) is 11.5 Å². The van der Waals surface area contributed by atoms with Crippen LogP contribution in [-0.4, -0.2) is 16.1 Å². The SMILES string of the molecule is O=C(O)Cc1c[nH]c2cc(-c3cccc(Oc4ccccc4)c3)ccc12. The number of para-hydroxylation sites is 1. The zero-order valence-corrected chi connectivity index (χ0v) is 14.0. The molecule has 1 aromatic heterocycles. The van der Waals surface area contributed by atoms with Crippen molar-refractivity contribution in [2.45, 2.75) is 6.42 Å². The van der Waals surface area contributed by atoms with E-state index in [1.165, 1.54) is 0 Å². The summed E-state index contributed by atoms with van der Waals surface area (Å²) in [5.41, 5.74) is 3.79. The lowest BCUT2D eigenvalue weighted by Gasteiger charge is -2.08. The van der Waals surface area contributed by atoms with E-state index in [0.29, 0.717) is 0 Å². The quantitative estimate of drug-likeness (QED) is 0.520. The Morgan fingerprint density at radius 2 is 1.65 bits per heavy atom. The van der Waals surface area contributed by atoms with Crippen molar-refractivity contribution in [2.75, 3.05) is 0 Å². The summed E-state index contributed by atoms with van der Waals surface area (Å²) in [6, 6.07) is 23.6. The molecule has 128 valence electrons. The van der Waals surface area contributed by atoms with Gasteiger partial charge in [-0.05, 0) is 47.0 Å². The average molecular weight is 343 g/mol. The Kier molecular flexibility index (Phi) is 4.15. The fourth-order valence-electron chi connectivity index (χ4n) is 3.04. The summed E-state index contributed by atoms with van der Waals surface area (Å²) >= 11 is 0. The van der Waals surface area contributed by atoms with E-state index in [1.54, 1.807) is 6.20 Å². The maximum Gasteiger partial charge on any atom is 0.307 e. The van der Waals surface area contributed by atoms with Gasteiger partial charge < -0.3 is 14.8 Å². The molecule has 4 heteroatoms. The summed E-state index contributed by atoms with van der Waals surface area (Å²) in [4.78, 5) is 14.1. The molecule has 0 radical (unpaired) electrons. The van der Waals surface area contributed by atoms with Crippen molar-refractivity contribution in [2.24, 2.45) is 0 Å². The van der Waals surface area contributed by atoms with Gasteiger partial charge in [-0.2, -0.15) is 0 Å². The largest absolute Gasteiger partial charge is 0.481 e. The molecule has 0 aliphatic heterocycles. The van der Waals surface area contributed by atoms with Crippen molar-refractivity contribution in [3.63, 3.8) is 0 Å². The summed E-state index contributed by atoms with van der Waals surface area (Å²) in [5, 5.41) is 9.94. The van der Waals surface area contributed by atoms with Crippen LogP contribution in [0.2, 0.25) is 0 Å². The van der Waals surface area contributed by atoms with Crippen molar-refractivity contribution in [3.8, 4) is 22.6 Å². The lowest BCUT2D eigenvalue weighted by Crippen LogP contribution is -1.98. The number of H-pyrrole nitrogens is 1. The van der Waals surface area contributed by atoms with Gasteiger partial charge in [-0.3, -0.25) is 4.79 Å². The second-order valence-electron chi connectivity index (χ2n) is 6.09. The predicted octanol–water partition coefficient (Wildman–Crippen LogP) is 5.25. The Morgan fingerprint density at radius 3 is 2.46 bits per heavy atom. The number of carbonyl (C=O) groups is 1. The average Bonchev–Trinajstić information content (AvgIpc) is 3.04. The number of aromatic nitrogens is 1. The van der Waals surface area contributed by atoms with Gasteiger partial charge >= 0.3 is 5.97 Å². The van der Waals surface area contributed by atoms with Crippen molar-refractivity contribution >= 4 is 16.9 Å². The van der Waals surface area contributed by atoms with Crippen LogP contribution >= 0.6 is 0 Å². The van der Waals surface area contributed by atoms with Gasteiger partial charge in [0.15, 0.2) is 0 Å². The molecule has 4 aromatic rings. The minimum Gasteiger partial charge on any atom is -0.481 e. The van der Waals surface area contributed by atoms with Crippen molar-refractivity contribution in [1.29, 1.82) is 0 Å². The van der Waals surface area contributed by atoms with E-state index in [4.69, 9.17) is 9.84 Å². The van der Waals surface area contributed by atoms with Crippen LogP contribution in [0.25, 0.3) is 22.0 Å². The van der Waals surface area contributed by atoms with Gasteiger partial charge in [-0.1, -0.05) is 42.5 Å². The highest BCUT2D eigenvalue weighted by Crippen LogP contribution is 2.30. The minimum atomic E-state index is -0.833. The van der Waals surface area contributed by atoms with E-state index >= 15 is 0 Å². The monoisotopic (exact) mass is 343 g/mol. The third-order valence-corrected chi connectivity index (χ3v) is 4.26. The van der Waals surface area contributed by atoms with E-state index in [2.05, 4.69) is 4.98 Å². The number of nitrogens with one attached hydrogen (secondary N) is 1. The number of rotatable bonds is 5.